The molecule has 1 rings (SSSR count). The molecule has 1 aromatic heterocycles. The molecule has 5 nitrogen and oxygen atoms in total. The molecular formula is C14H22F3N3O2. The van der Waals surface area contributed by atoms with Gasteiger partial charge in [-0.15, -0.1) is 0 Å². The van der Waals surface area contributed by atoms with Gasteiger partial charge in [-0.3, -0.25) is 4.79 Å². The molecule has 1 unspecified atom stereocenters. The maximum atomic E-state index is 13.2. The van der Waals surface area contributed by atoms with Crippen molar-refractivity contribution in [2.75, 3.05) is 6.54 Å². The Kier molecular flexibility index (Phi) is 6.40. The van der Waals surface area contributed by atoms with Crippen molar-refractivity contribution in [3.05, 3.63) is 18.2 Å². The van der Waals surface area contributed by atoms with Gasteiger partial charge in [-0.2, -0.15) is 13.2 Å². The Bertz CT molecular complexity index is 488. The van der Waals surface area contributed by atoms with Crippen molar-refractivity contribution in [1.82, 2.24) is 14.9 Å². The number of rotatable bonds is 8. The minimum absolute atomic E-state index is 0.299. The maximum Gasteiger partial charge on any atom is 0.425 e. The molecule has 1 aromatic rings. The molecule has 0 aliphatic rings. The van der Waals surface area contributed by atoms with Crippen LogP contribution in [0.4, 0.5) is 13.2 Å². The third-order valence-corrected chi connectivity index (χ3v) is 3.43. The Morgan fingerprint density at radius 1 is 1.36 bits per heavy atom. The van der Waals surface area contributed by atoms with Gasteiger partial charge in [-0.05, 0) is 6.42 Å². The van der Waals surface area contributed by atoms with Gasteiger partial charge in [0.05, 0.1) is 6.42 Å². The van der Waals surface area contributed by atoms with Crippen molar-refractivity contribution in [3.63, 3.8) is 0 Å². The predicted molar refractivity (Wildman–Crippen MR) is 74.9 cm³/mol. The average molecular weight is 321 g/mol. The maximum absolute atomic E-state index is 13.2. The van der Waals surface area contributed by atoms with Crippen LogP contribution in [-0.4, -0.2) is 33.3 Å². The fourth-order valence-corrected chi connectivity index (χ4v) is 2.14. The van der Waals surface area contributed by atoms with E-state index in [0.29, 0.717) is 13.0 Å². The number of carbonyl (C=O) groups is 1. The van der Waals surface area contributed by atoms with Crippen LogP contribution in [0, 0.1) is 0 Å². The Morgan fingerprint density at radius 2 is 2.05 bits per heavy atom. The minimum Gasteiger partial charge on any atom is -0.374 e. The van der Waals surface area contributed by atoms with Crippen LogP contribution in [0.25, 0.3) is 0 Å². The quantitative estimate of drug-likeness (QED) is 0.722. The van der Waals surface area contributed by atoms with Crippen molar-refractivity contribution in [2.24, 2.45) is 7.05 Å². The first kappa shape index (κ1) is 18.5. The van der Waals surface area contributed by atoms with E-state index < -0.39 is 29.9 Å². The Hall–Kier alpha value is -1.57. The second kappa shape index (κ2) is 7.62. The van der Waals surface area contributed by atoms with Gasteiger partial charge >= 0.3 is 6.18 Å². The van der Waals surface area contributed by atoms with Crippen LogP contribution >= 0.6 is 0 Å². The van der Waals surface area contributed by atoms with E-state index in [2.05, 4.69) is 10.3 Å². The van der Waals surface area contributed by atoms with Crippen molar-refractivity contribution in [3.8, 4) is 0 Å². The van der Waals surface area contributed by atoms with Crippen LogP contribution in [-0.2, 0) is 17.4 Å². The SMILES string of the molecule is CCCCCCNC(=O)CC(O)(c1nccn1C)C(F)(F)F. The molecule has 0 bridgehead atoms. The summed E-state index contributed by atoms with van der Waals surface area (Å²) in [4.78, 5) is 15.3. The highest BCUT2D eigenvalue weighted by molar-refractivity contribution is 5.77. The number of hydrogen-bond donors (Lipinski definition) is 2. The molecule has 0 fully saturated rings. The summed E-state index contributed by atoms with van der Waals surface area (Å²) in [7, 11) is 1.34. The number of unbranched alkanes of at least 4 members (excludes halogenated alkanes) is 3. The summed E-state index contributed by atoms with van der Waals surface area (Å²) >= 11 is 0. The fraction of sp³-hybridized carbons (Fsp3) is 0.714. The summed E-state index contributed by atoms with van der Waals surface area (Å²) < 4.78 is 40.7. The number of nitrogens with zero attached hydrogens (tertiary/aromatic N) is 2. The Morgan fingerprint density at radius 3 is 2.55 bits per heavy atom. The van der Waals surface area contributed by atoms with Gasteiger partial charge < -0.3 is 15.0 Å². The number of hydrogen-bond acceptors (Lipinski definition) is 3. The molecule has 2 N–H and O–H groups in total. The lowest BCUT2D eigenvalue weighted by Gasteiger charge is -2.29. The molecule has 0 aliphatic carbocycles. The van der Waals surface area contributed by atoms with Gasteiger partial charge in [0.2, 0.25) is 11.5 Å². The largest absolute Gasteiger partial charge is 0.425 e. The van der Waals surface area contributed by atoms with Gasteiger partial charge in [-0.1, -0.05) is 26.2 Å². The van der Waals surface area contributed by atoms with Crippen LogP contribution in [0.15, 0.2) is 12.4 Å². The summed E-state index contributed by atoms with van der Waals surface area (Å²) in [5, 5.41) is 12.4. The number of imidazole rings is 1. The van der Waals surface area contributed by atoms with Gasteiger partial charge in [0, 0.05) is 26.0 Å². The molecule has 22 heavy (non-hydrogen) atoms. The molecule has 0 aromatic carbocycles. The van der Waals surface area contributed by atoms with Gasteiger partial charge in [0.25, 0.3) is 0 Å². The molecule has 1 amide bonds. The molecule has 0 saturated carbocycles. The van der Waals surface area contributed by atoms with Crippen molar-refractivity contribution < 1.29 is 23.1 Å². The molecule has 0 aliphatic heterocycles. The highest BCUT2D eigenvalue weighted by Gasteiger charge is 2.58. The van der Waals surface area contributed by atoms with Gasteiger partial charge in [0.15, 0.2) is 5.82 Å². The van der Waals surface area contributed by atoms with Crippen LogP contribution in [0.5, 0.6) is 0 Å². The topological polar surface area (TPSA) is 67.2 Å². The van der Waals surface area contributed by atoms with Crippen molar-refractivity contribution >= 4 is 5.91 Å². The highest BCUT2D eigenvalue weighted by Crippen LogP contribution is 2.40. The molecule has 0 radical (unpaired) electrons. The zero-order valence-electron chi connectivity index (χ0n) is 12.8. The van der Waals surface area contributed by atoms with Crippen LogP contribution in [0.1, 0.15) is 44.9 Å². The van der Waals surface area contributed by atoms with E-state index in [9.17, 15) is 23.1 Å². The van der Waals surface area contributed by atoms with E-state index >= 15 is 0 Å². The number of amides is 1. The van der Waals surface area contributed by atoms with Crippen molar-refractivity contribution in [2.45, 2.75) is 50.8 Å². The summed E-state index contributed by atoms with van der Waals surface area (Å²) in [6, 6.07) is 0. The van der Waals surface area contributed by atoms with E-state index in [-0.39, 0.29) is 0 Å². The molecule has 1 heterocycles. The molecular weight excluding hydrogens is 299 g/mol. The lowest BCUT2D eigenvalue weighted by molar-refractivity contribution is -0.271. The average Bonchev–Trinajstić information content (AvgIpc) is 2.83. The Labute approximate surface area is 127 Å². The summed E-state index contributed by atoms with van der Waals surface area (Å²) in [5.74, 6) is -1.44. The van der Waals surface area contributed by atoms with E-state index in [1.807, 2.05) is 6.92 Å². The van der Waals surface area contributed by atoms with Crippen LogP contribution in [0.3, 0.4) is 0 Å². The predicted octanol–water partition coefficient (Wildman–Crippen LogP) is 2.26. The fourth-order valence-electron chi connectivity index (χ4n) is 2.14. The first-order valence-electron chi connectivity index (χ1n) is 7.26. The second-order valence-electron chi connectivity index (χ2n) is 5.31. The minimum atomic E-state index is -4.99. The number of nitrogens with one attached hydrogen (secondary N) is 1. The standard InChI is InChI=1S/C14H22F3N3O2/c1-3-4-5-6-7-18-11(21)10-13(22,14(15,16)17)12-19-8-9-20(12)2/h8-9,22H,3-7,10H2,1-2H3,(H,18,21). The van der Waals surface area contributed by atoms with Crippen LogP contribution in [0.2, 0.25) is 0 Å². The molecule has 0 spiro atoms. The highest BCUT2D eigenvalue weighted by atomic mass is 19.4. The monoisotopic (exact) mass is 321 g/mol. The number of carbonyl (C=O) groups excluding carboxylic acids is 1. The molecule has 8 heteroatoms. The molecule has 0 saturated heterocycles. The molecule has 1 atom stereocenters. The zero-order chi connectivity index (χ0) is 16.8. The summed E-state index contributed by atoms with van der Waals surface area (Å²) in [5.41, 5.74) is -3.29. The number of aliphatic hydroxyl groups is 1. The first-order chi connectivity index (χ1) is 10.2. The molecule has 126 valence electrons. The lowest BCUT2D eigenvalue weighted by Crippen LogP contribution is -2.48. The van der Waals surface area contributed by atoms with Crippen LogP contribution < -0.4 is 5.32 Å². The number of aryl methyl sites for hydroxylation is 1. The van der Waals surface area contributed by atoms with E-state index in [1.54, 1.807) is 0 Å². The number of aromatic nitrogens is 2. The zero-order valence-corrected chi connectivity index (χ0v) is 12.8. The Balaban J connectivity index is 2.71. The third-order valence-electron chi connectivity index (χ3n) is 3.43. The third kappa shape index (κ3) is 4.46. The lowest BCUT2D eigenvalue weighted by atomic mass is 9.97. The number of halogens is 3. The number of alkyl halides is 3. The van der Waals surface area contributed by atoms with Gasteiger partial charge in [-0.25, -0.2) is 4.98 Å². The van der Waals surface area contributed by atoms with Gasteiger partial charge in [0.1, 0.15) is 0 Å². The van der Waals surface area contributed by atoms with E-state index in [1.165, 1.54) is 13.2 Å². The summed E-state index contributed by atoms with van der Waals surface area (Å²) in [6.07, 6.45) is -0.0210. The van der Waals surface area contributed by atoms with E-state index in [0.717, 1.165) is 30.0 Å². The summed E-state index contributed by atoms with van der Waals surface area (Å²) in [6.45, 7) is 2.34. The normalized spacial score (nSPS) is 14.6. The van der Waals surface area contributed by atoms with Crippen molar-refractivity contribution in [1.29, 1.82) is 0 Å². The second-order valence-corrected chi connectivity index (χ2v) is 5.31. The first-order valence-corrected chi connectivity index (χ1v) is 7.26. The smallest absolute Gasteiger partial charge is 0.374 e. The van der Waals surface area contributed by atoms with E-state index in [4.69, 9.17) is 0 Å².